The van der Waals surface area contributed by atoms with Crippen molar-refractivity contribution in [3.8, 4) is 11.6 Å². The third-order valence-corrected chi connectivity index (χ3v) is 1.31. The summed E-state index contributed by atoms with van der Waals surface area (Å²) >= 11 is 0. The summed E-state index contributed by atoms with van der Waals surface area (Å²) in [4.78, 5) is 3.90. The first-order valence-corrected chi connectivity index (χ1v) is 4.23. The molecule has 0 saturated heterocycles. The summed E-state index contributed by atoms with van der Waals surface area (Å²) in [5.41, 5.74) is 0. The number of pyridine rings is 1. The number of ether oxygens (including phenoxy) is 1. The zero-order valence-corrected chi connectivity index (χ0v) is 8.04. The Morgan fingerprint density at radius 1 is 1.36 bits per heavy atom. The van der Waals surface area contributed by atoms with Gasteiger partial charge in [0.2, 0.25) is 5.88 Å². The molecule has 0 aliphatic carbocycles. The lowest BCUT2D eigenvalue weighted by Gasteiger charge is -2.09. The molecule has 0 unspecified atom stereocenters. The Morgan fingerprint density at radius 3 is 2.50 bits per heavy atom. The van der Waals surface area contributed by atoms with Crippen LogP contribution in [-0.4, -0.2) is 28.5 Å². The second-order valence-electron chi connectivity index (χ2n) is 2.94. The quantitative estimate of drug-likeness (QED) is 0.675. The maximum Gasteiger partial charge on any atom is 0.707 e. The first-order chi connectivity index (χ1) is 6.58. The molecular formula is C8H12BNO4. The molecular weight excluding hydrogens is 185 g/mol. The van der Waals surface area contributed by atoms with Crippen LogP contribution < -0.4 is 9.39 Å². The average Bonchev–Trinajstić information content (AvgIpc) is 2.06. The molecule has 0 bridgehead atoms. The average molecular weight is 197 g/mol. The monoisotopic (exact) mass is 197 g/mol. The van der Waals surface area contributed by atoms with Crippen molar-refractivity contribution >= 4 is 7.32 Å². The van der Waals surface area contributed by atoms with E-state index in [0.717, 1.165) is 0 Å². The molecule has 0 aromatic carbocycles. The summed E-state index contributed by atoms with van der Waals surface area (Å²) < 4.78 is 9.85. The van der Waals surface area contributed by atoms with E-state index in [4.69, 9.17) is 14.8 Å². The molecule has 0 atom stereocenters. The van der Waals surface area contributed by atoms with E-state index in [9.17, 15) is 0 Å². The van der Waals surface area contributed by atoms with Gasteiger partial charge in [0.1, 0.15) is 5.75 Å². The zero-order chi connectivity index (χ0) is 10.6. The lowest BCUT2D eigenvalue weighted by molar-refractivity contribution is 0.231. The largest absolute Gasteiger partial charge is 0.707 e. The fraction of sp³-hybridized carbons (Fsp3) is 0.375. The first-order valence-electron chi connectivity index (χ1n) is 4.23. The molecule has 6 heteroatoms. The molecule has 0 aliphatic heterocycles. The lowest BCUT2D eigenvalue weighted by atomic mass is 10.2. The highest BCUT2D eigenvalue weighted by molar-refractivity contribution is 6.33. The van der Waals surface area contributed by atoms with Crippen LogP contribution in [0.3, 0.4) is 0 Å². The summed E-state index contributed by atoms with van der Waals surface area (Å²) in [6.45, 7) is 3.78. The molecule has 0 saturated carbocycles. The Kier molecular flexibility index (Phi) is 3.73. The van der Waals surface area contributed by atoms with E-state index in [0.29, 0.717) is 5.88 Å². The van der Waals surface area contributed by atoms with Gasteiger partial charge in [0.15, 0.2) is 0 Å². The predicted molar refractivity (Wildman–Crippen MR) is 50.8 cm³/mol. The normalized spacial score (nSPS) is 10.1. The third-order valence-electron chi connectivity index (χ3n) is 1.31. The van der Waals surface area contributed by atoms with Crippen molar-refractivity contribution in [3.63, 3.8) is 0 Å². The fourth-order valence-electron chi connectivity index (χ4n) is 0.869. The van der Waals surface area contributed by atoms with Gasteiger partial charge < -0.3 is 19.4 Å². The van der Waals surface area contributed by atoms with Crippen molar-refractivity contribution in [3.05, 3.63) is 18.3 Å². The minimum Gasteiger partial charge on any atom is -0.511 e. The minimum absolute atomic E-state index is 0.0534. The van der Waals surface area contributed by atoms with Crippen molar-refractivity contribution < 1.29 is 19.4 Å². The molecule has 2 N–H and O–H groups in total. The summed E-state index contributed by atoms with van der Waals surface area (Å²) in [6.07, 6.45) is 1.41. The third kappa shape index (κ3) is 3.63. The van der Waals surface area contributed by atoms with Crippen molar-refractivity contribution in [2.75, 3.05) is 0 Å². The van der Waals surface area contributed by atoms with Crippen LogP contribution in [-0.2, 0) is 0 Å². The molecule has 0 radical (unpaired) electrons. The fourth-order valence-corrected chi connectivity index (χ4v) is 0.869. The molecule has 1 heterocycles. The van der Waals surface area contributed by atoms with Gasteiger partial charge in [-0.05, 0) is 19.9 Å². The van der Waals surface area contributed by atoms with Gasteiger partial charge in [-0.1, -0.05) is 0 Å². The number of rotatable bonds is 4. The topological polar surface area (TPSA) is 71.8 Å². The molecule has 1 aromatic heterocycles. The molecule has 0 amide bonds. The van der Waals surface area contributed by atoms with Crippen LogP contribution in [0.2, 0.25) is 0 Å². The molecule has 5 nitrogen and oxygen atoms in total. The lowest BCUT2D eigenvalue weighted by Crippen LogP contribution is -2.20. The highest BCUT2D eigenvalue weighted by Gasteiger charge is 2.11. The van der Waals surface area contributed by atoms with Crippen LogP contribution in [0.5, 0.6) is 11.6 Å². The van der Waals surface area contributed by atoms with E-state index in [-0.39, 0.29) is 11.9 Å². The highest BCUT2D eigenvalue weighted by Crippen LogP contribution is 2.14. The zero-order valence-electron chi connectivity index (χ0n) is 8.04. The Balaban J connectivity index is 2.59. The van der Waals surface area contributed by atoms with Crippen LogP contribution in [0.25, 0.3) is 0 Å². The maximum atomic E-state index is 8.49. The van der Waals surface area contributed by atoms with Crippen molar-refractivity contribution in [1.82, 2.24) is 4.98 Å². The Bertz CT molecular complexity index is 246. The summed E-state index contributed by atoms with van der Waals surface area (Å²) in [5.74, 6) is 0.746. The SMILES string of the molecule is CC(C)Oc1ccc(OB(O)O)cn1. The minimum atomic E-state index is -1.83. The van der Waals surface area contributed by atoms with E-state index in [2.05, 4.69) is 9.64 Å². The van der Waals surface area contributed by atoms with Gasteiger partial charge in [-0.15, -0.1) is 0 Å². The Labute approximate surface area is 82.5 Å². The van der Waals surface area contributed by atoms with E-state index >= 15 is 0 Å². The van der Waals surface area contributed by atoms with Gasteiger partial charge in [-0.25, -0.2) is 4.98 Å². The number of aromatic nitrogens is 1. The first kappa shape index (κ1) is 10.8. The summed E-state index contributed by atoms with van der Waals surface area (Å²) in [5, 5.41) is 17.0. The number of hydrogen-bond donors (Lipinski definition) is 2. The van der Waals surface area contributed by atoms with Crippen LogP contribution in [0, 0.1) is 0 Å². The van der Waals surface area contributed by atoms with E-state index in [1.807, 2.05) is 13.8 Å². The van der Waals surface area contributed by atoms with Crippen LogP contribution >= 0.6 is 0 Å². The molecule has 76 valence electrons. The van der Waals surface area contributed by atoms with Gasteiger partial charge in [-0.3, -0.25) is 0 Å². The van der Waals surface area contributed by atoms with Crippen molar-refractivity contribution in [1.29, 1.82) is 0 Å². The molecule has 0 fully saturated rings. The number of hydrogen-bond acceptors (Lipinski definition) is 5. The molecule has 0 aliphatic rings. The van der Waals surface area contributed by atoms with Crippen LogP contribution in [0.1, 0.15) is 13.8 Å². The maximum absolute atomic E-state index is 8.49. The predicted octanol–water partition coefficient (Wildman–Crippen LogP) is 0.217. The Hall–Kier alpha value is -1.27. The molecule has 14 heavy (non-hydrogen) atoms. The van der Waals surface area contributed by atoms with Crippen molar-refractivity contribution in [2.24, 2.45) is 0 Å². The second kappa shape index (κ2) is 4.83. The smallest absolute Gasteiger partial charge is 0.511 e. The standard InChI is InChI=1S/C8H12BNO4/c1-6(2)13-8-4-3-7(5-10-8)14-9(11)12/h3-6,11-12H,1-2H3. The molecule has 0 spiro atoms. The summed E-state index contributed by atoms with van der Waals surface area (Å²) in [6, 6.07) is 3.14. The van der Waals surface area contributed by atoms with Crippen LogP contribution in [0.4, 0.5) is 0 Å². The Morgan fingerprint density at radius 2 is 2.07 bits per heavy atom. The van der Waals surface area contributed by atoms with E-state index in [1.165, 1.54) is 6.20 Å². The van der Waals surface area contributed by atoms with E-state index < -0.39 is 7.32 Å². The second-order valence-corrected chi connectivity index (χ2v) is 2.94. The summed E-state index contributed by atoms with van der Waals surface area (Å²) in [7, 11) is -1.83. The molecule has 1 rings (SSSR count). The molecule has 1 aromatic rings. The van der Waals surface area contributed by atoms with Gasteiger partial charge >= 0.3 is 7.32 Å². The van der Waals surface area contributed by atoms with Crippen molar-refractivity contribution in [2.45, 2.75) is 20.0 Å². The van der Waals surface area contributed by atoms with Crippen LogP contribution in [0.15, 0.2) is 18.3 Å². The van der Waals surface area contributed by atoms with Gasteiger partial charge in [0, 0.05) is 6.07 Å². The van der Waals surface area contributed by atoms with E-state index in [1.54, 1.807) is 12.1 Å². The van der Waals surface area contributed by atoms with Gasteiger partial charge in [0.05, 0.1) is 12.3 Å². The van der Waals surface area contributed by atoms with Gasteiger partial charge in [0.25, 0.3) is 0 Å². The highest BCUT2D eigenvalue weighted by atomic mass is 16.6. The number of nitrogens with zero attached hydrogens (tertiary/aromatic N) is 1. The van der Waals surface area contributed by atoms with Gasteiger partial charge in [-0.2, -0.15) is 0 Å².